The third kappa shape index (κ3) is 4.50. The van der Waals surface area contributed by atoms with E-state index < -0.39 is 0 Å². The maximum Gasteiger partial charge on any atom is 0.257 e. The molecule has 2 N–H and O–H groups in total. The van der Waals surface area contributed by atoms with Gasteiger partial charge in [-0.1, -0.05) is 0 Å². The molecule has 1 saturated carbocycles. The van der Waals surface area contributed by atoms with E-state index in [9.17, 15) is 4.79 Å². The number of fused-ring (bicyclic) bond motifs is 2. The summed E-state index contributed by atoms with van der Waals surface area (Å²) in [7, 11) is 5.70. The van der Waals surface area contributed by atoms with Gasteiger partial charge in [-0.2, -0.15) is 9.61 Å². The van der Waals surface area contributed by atoms with Crippen LogP contribution < -0.4 is 10.6 Å². The Kier molecular flexibility index (Phi) is 6.73. The zero-order valence-corrected chi connectivity index (χ0v) is 22.2. The third-order valence-corrected chi connectivity index (χ3v) is 7.97. The molecule has 2 atom stereocenters. The van der Waals surface area contributed by atoms with Crippen molar-refractivity contribution in [2.45, 2.75) is 31.5 Å². The van der Waals surface area contributed by atoms with Gasteiger partial charge in [0.05, 0.1) is 24.0 Å². The van der Waals surface area contributed by atoms with Crippen LogP contribution in [-0.4, -0.2) is 106 Å². The maximum absolute atomic E-state index is 13.2. The fourth-order valence-corrected chi connectivity index (χ4v) is 5.42. The van der Waals surface area contributed by atoms with E-state index >= 15 is 0 Å². The second-order valence-corrected chi connectivity index (χ2v) is 10.3. The number of carbonyl (C=O) groups excluding carboxylic acids is 1. The smallest absolute Gasteiger partial charge is 0.257 e. The van der Waals surface area contributed by atoms with Crippen molar-refractivity contribution in [2.75, 3.05) is 59.2 Å². The molecular formula is C27H35N9O2. The minimum Gasteiger partial charge on any atom is -0.379 e. The molecule has 4 aromatic rings. The zero-order valence-electron chi connectivity index (χ0n) is 22.2. The molecule has 2 unspecified atom stereocenters. The third-order valence-electron chi connectivity index (χ3n) is 7.97. The van der Waals surface area contributed by atoms with Crippen LogP contribution in [0.2, 0.25) is 0 Å². The molecule has 1 saturated heterocycles. The Morgan fingerprint density at radius 1 is 1.16 bits per heavy atom. The van der Waals surface area contributed by atoms with Crippen LogP contribution >= 0.6 is 0 Å². The number of hydrogen-bond acceptors (Lipinski definition) is 8. The van der Waals surface area contributed by atoms with Gasteiger partial charge in [-0.05, 0) is 32.0 Å². The summed E-state index contributed by atoms with van der Waals surface area (Å²) in [6.45, 7) is 6.18. The van der Waals surface area contributed by atoms with Gasteiger partial charge in [0.15, 0.2) is 5.65 Å². The molecule has 0 bridgehead atoms. The number of aromatic nitrogens is 5. The van der Waals surface area contributed by atoms with Crippen molar-refractivity contribution >= 4 is 28.4 Å². The number of likely N-dealkylation sites (N-methyl/N-ethyl adjacent to an activating group) is 1. The van der Waals surface area contributed by atoms with Crippen molar-refractivity contribution in [3.05, 3.63) is 42.4 Å². The number of anilines is 1. The Morgan fingerprint density at radius 3 is 2.74 bits per heavy atom. The molecule has 2 fully saturated rings. The Bertz CT molecular complexity index is 1450. The Hall–Kier alpha value is -3.54. The van der Waals surface area contributed by atoms with Crippen LogP contribution in [0.1, 0.15) is 23.2 Å². The summed E-state index contributed by atoms with van der Waals surface area (Å²) >= 11 is 0. The molecule has 1 aliphatic heterocycles. The van der Waals surface area contributed by atoms with Crippen molar-refractivity contribution in [3.63, 3.8) is 0 Å². The fraction of sp³-hybridized carbons (Fsp3) is 0.481. The van der Waals surface area contributed by atoms with Crippen LogP contribution in [-0.2, 0) is 11.3 Å². The average molecular weight is 518 g/mol. The molecule has 11 nitrogen and oxygen atoms in total. The molecule has 6 rings (SSSR count). The lowest BCUT2D eigenvalue weighted by molar-refractivity contribution is 0.00732. The lowest BCUT2D eigenvalue weighted by Gasteiger charge is -2.35. The quantitative estimate of drug-likeness (QED) is 0.366. The van der Waals surface area contributed by atoms with E-state index in [0.29, 0.717) is 11.2 Å². The van der Waals surface area contributed by atoms with Crippen molar-refractivity contribution in [3.8, 4) is 11.3 Å². The first-order valence-corrected chi connectivity index (χ1v) is 13.3. The molecular weight excluding hydrogens is 482 g/mol. The summed E-state index contributed by atoms with van der Waals surface area (Å²) < 4.78 is 9.35. The first-order valence-electron chi connectivity index (χ1n) is 13.3. The first-order chi connectivity index (χ1) is 18.6. The van der Waals surface area contributed by atoms with Gasteiger partial charge >= 0.3 is 0 Å². The fourth-order valence-electron chi connectivity index (χ4n) is 5.42. The van der Waals surface area contributed by atoms with Crippen LogP contribution in [0.15, 0.2) is 36.8 Å². The minimum absolute atomic E-state index is 0.0127. The van der Waals surface area contributed by atoms with Crippen molar-refractivity contribution in [2.24, 2.45) is 0 Å². The SMILES string of the molecule is CNc1cc(-c2cn(CCN3CCN(C)CC3)c3ncccc23)nc2c(C(=O)NC3CCC3OC)cnn12. The van der Waals surface area contributed by atoms with Crippen molar-refractivity contribution in [1.82, 2.24) is 39.3 Å². The monoisotopic (exact) mass is 517 g/mol. The molecule has 1 amide bonds. The lowest BCUT2D eigenvalue weighted by atomic mass is 9.89. The van der Waals surface area contributed by atoms with Gasteiger partial charge in [-0.15, -0.1) is 0 Å². The largest absolute Gasteiger partial charge is 0.379 e. The average Bonchev–Trinajstić information content (AvgIpc) is 3.52. The van der Waals surface area contributed by atoms with Crippen molar-refractivity contribution in [1.29, 1.82) is 0 Å². The van der Waals surface area contributed by atoms with Crippen LogP contribution in [0.4, 0.5) is 5.82 Å². The van der Waals surface area contributed by atoms with E-state index in [4.69, 9.17) is 14.7 Å². The van der Waals surface area contributed by atoms with E-state index in [1.165, 1.54) is 0 Å². The number of rotatable bonds is 8. The number of amides is 1. The molecule has 2 aliphatic rings. The predicted molar refractivity (Wildman–Crippen MR) is 146 cm³/mol. The summed E-state index contributed by atoms with van der Waals surface area (Å²) in [5.74, 6) is 0.569. The van der Waals surface area contributed by atoms with Gasteiger partial charge in [0.1, 0.15) is 17.0 Å². The van der Waals surface area contributed by atoms with Crippen molar-refractivity contribution < 1.29 is 9.53 Å². The van der Waals surface area contributed by atoms with E-state index in [-0.39, 0.29) is 18.1 Å². The second kappa shape index (κ2) is 10.3. The van der Waals surface area contributed by atoms with Gasteiger partial charge in [-0.3, -0.25) is 9.69 Å². The maximum atomic E-state index is 13.2. The molecule has 11 heteroatoms. The van der Waals surface area contributed by atoms with Gasteiger partial charge in [0.2, 0.25) is 0 Å². The molecule has 5 heterocycles. The van der Waals surface area contributed by atoms with E-state index in [1.54, 1.807) is 17.8 Å². The molecule has 4 aromatic heterocycles. The van der Waals surface area contributed by atoms with E-state index in [1.807, 2.05) is 25.4 Å². The standard InChI is InChI=1S/C27H35N9O2/c1-28-24-15-22(31-26-19(16-30-36(24)26)27(37)32-21-6-7-23(21)38-3)20-17-35(25-18(20)5-4-8-29-25)14-13-34-11-9-33(2)10-12-34/h4-5,8,15-17,21,23,28H,6-7,9-14H2,1-3H3,(H,32,37). The van der Waals surface area contributed by atoms with Crippen LogP contribution in [0.25, 0.3) is 27.9 Å². The van der Waals surface area contributed by atoms with Gasteiger partial charge in [0.25, 0.3) is 5.91 Å². The highest BCUT2D eigenvalue weighted by Gasteiger charge is 2.33. The first kappa shape index (κ1) is 24.8. The summed E-state index contributed by atoms with van der Waals surface area (Å²) in [6.07, 6.45) is 7.48. The molecule has 38 heavy (non-hydrogen) atoms. The zero-order chi connectivity index (χ0) is 26.2. The molecule has 200 valence electrons. The number of pyridine rings is 1. The van der Waals surface area contributed by atoms with Gasteiger partial charge in [0, 0.05) is 82.8 Å². The molecule has 0 aromatic carbocycles. The Labute approximate surface area is 221 Å². The van der Waals surface area contributed by atoms with Gasteiger partial charge in [-0.25, -0.2) is 9.97 Å². The Morgan fingerprint density at radius 2 is 2.00 bits per heavy atom. The number of ether oxygens (including phenoxy) is 1. The number of piperazine rings is 1. The normalized spacial score (nSPS) is 20.6. The Balaban J connectivity index is 1.34. The topological polar surface area (TPSA) is 105 Å². The van der Waals surface area contributed by atoms with E-state index in [0.717, 1.165) is 80.2 Å². The number of nitrogens with one attached hydrogen (secondary N) is 2. The number of nitrogens with zero attached hydrogens (tertiary/aromatic N) is 7. The molecule has 1 aliphatic carbocycles. The highest BCUT2D eigenvalue weighted by Crippen LogP contribution is 2.31. The van der Waals surface area contributed by atoms with Crippen LogP contribution in [0.3, 0.4) is 0 Å². The van der Waals surface area contributed by atoms with Crippen LogP contribution in [0.5, 0.6) is 0 Å². The summed E-state index contributed by atoms with van der Waals surface area (Å²) in [5, 5.41) is 11.8. The second-order valence-electron chi connectivity index (χ2n) is 10.3. The van der Waals surface area contributed by atoms with Gasteiger partial charge < -0.3 is 24.8 Å². The van der Waals surface area contributed by atoms with Crippen LogP contribution in [0, 0.1) is 0 Å². The number of methoxy groups -OCH3 is 1. The lowest BCUT2D eigenvalue weighted by Crippen LogP contribution is -2.51. The number of carbonyl (C=O) groups is 1. The summed E-state index contributed by atoms with van der Waals surface area (Å²) in [5.41, 5.74) is 3.65. The van der Waals surface area contributed by atoms with E-state index in [2.05, 4.69) is 49.4 Å². The summed E-state index contributed by atoms with van der Waals surface area (Å²) in [6, 6.07) is 6.02. The highest BCUT2D eigenvalue weighted by molar-refractivity contribution is 6.01. The predicted octanol–water partition coefficient (Wildman–Crippen LogP) is 1.94. The molecule has 0 spiro atoms. The highest BCUT2D eigenvalue weighted by atomic mass is 16.5. The molecule has 0 radical (unpaired) electrons. The number of hydrogen-bond donors (Lipinski definition) is 2. The summed E-state index contributed by atoms with van der Waals surface area (Å²) in [4.78, 5) is 27.7. The minimum atomic E-state index is -0.185.